The Kier molecular flexibility index (Phi) is 5.26. The fraction of sp³-hybridized carbons (Fsp3) is 0.269. The number of allylic oxidation sites excluding steroid dienone is 2. The zero-order chi connectivity index (χ0) is 24.0. The minimum atomic E-state index is -3.61. The molecule has 0 spiro atoms. The third kappa shape index (κ3) is 3.48. The lowest BCUT2D eigenvalue weighted by Gasteiger charge is -2.38. The molecule has 0 aromatic heterocycles. The monoisotopic (exact) mass is 475 g/mol. The van der Waals surface area contributed by atoms with Gasteiger partial charge in [0.05, 0.1) is 16.3 Å². The number of carbonyl (C=O) groups is 1. The van der Waals surface area contributed by atoms with Crippen molar-refractivity contribution in [2.45, 2.75) is 35.2 Å². The lowest BCUT2D eigenvalue weighted by Crippen LogP contribution is -2.54. The van der Waals surface area contributed by atoms with Crippen molar-refractivity contribution in [3.8, 4) is 23.7 Å². The Morgan fingerprint density at radius 2 is 1.82 bits per heavy atom. The molecule has 2 heterocycles. The van der Waals surface area contributed by atoms with Crippen LogP contribution in [0.4, 0.5) is 10.5 Å². The standard InChI is InChI=1S/C26H21NO6S/c1-25(29)16-10-3-2-7-15-22-23-26(25,33-23)20-13-8-9-14-21(20)27(22)24(28)32-17-18-34(30,31)19-11-5-4-6-12-19/h2-6,8-9,11-14,22-23,29H,17-18H2,1H3/b3-2-/t22-,23-,25+,26+/m0/s1. The van der Waals surface area contributed by atoms with Crippen LogP contribution < -0.4 is 4.90 Å². The van der Waals surface area contributed by atoms with E-state index in [4.69, 9.17) is 9.47 Å². The van der Waals surface area contributed by atoms with Gasteiger partial charge in [-0.3, -0.25) is 4.90 Å². The SMILES string of the molecule is C[C@@]1(O)C#C/C=C\C#C[C@H]2[C@@H]3O[C@]31c1ccccc1N2C(=O)OCCS(=O)(=O)c1ccccc1. The van der Waals surface area contributed by atoms with E-state index >= 15 is 0 Å². The first-order valence-electron chi connectivity index (χ1n) is 10.7. The molecule has 2 aliphatic heterocycles. The number of anilines is 1. The Hall–Kier alpha value is -3.56. The summed E-state index contributed by atoms with van der Waals surface area (Å²) in [5, 5.41) is 11.2. The molecule has 1 saturated heterocycles. The molecular weight excluding hydrogens is 454 g/mol. The van der Waals surface area contributed by atoms with Gasteiger partial charge in [-0.05, 0) is 37.3 Å². The van der Waals surface area contributed by atoms with Crippen molar-refractivity contribution in [3.05, 3.63) is 72.3 Å². The molecule has 7 nitrogen and oxygen atoms in total. The number of carbonyl (C=O) groups excluding carboxylic acids is 1. The van der Waals surface area contributed by atoms with Crippen LogP contribution in [0.25, 0.3) is 0 Å². The molecule has 5 rings (SSSR count). The Labute approximate surface area is 197 Å². The summed E-state index contributed by atoms with van der Waals surface area (Å²) in [4.78, 5) is 14.8. The number of fused-ring (bicyclic) bond motifs is 1. The van der Waals surface area contributed by atoms with Crippen molar-refractivity contribution in [1.82, 2.24) is 0 Å². The molecule has 34 heavy (non-hydrogen) atoms. The van der Waals surface area contributed by atoms with E-state index in [0.29, 0.717) is 11.3 Å². The number of para-hydroxylation sites is 1. The number of amides is 1. The second-order valence-corrected chi connectivity index (χ2v) is 10.4. The van der Waals surface area contributed by atoms with Crippen molar-refractivity contribution in [1.29, 1.82) is 0 Å². The Balaban J connectivity index is 1.45. The summed E-state index contributed by atoms with van der Waals surface area (Å²) in [6.45, 7) is 1.26. The lowest BCUT2D eigenvalue weighted by molar-refractivity contribution is 0.0264. The lowest BCUT2D eigenvalue weighted by atomic mass is 9.75. The maximum Gasteiger partial charge on any atom is 0.415 e. The molecule has 2 aromatic rings. The summed E-state index contributed by atoms with van der Waals surface area (Å²) in [6, 6.07) is 14.3. The highest BCUT2D eigenvalue weighted by Crippen LogP contribution is 2.61. The quantitative estimate of drug-likeness (QED) is 0.539. The Morgan fingerprint density at radius 3 is 2.62 bits per heavy atom. The summed E-state index contributed by atoms with van der Waals surface area (Å²) in [5.74, 6) is 11.2. The van der Waals surface area contributed by atoms with Gasteiger partial charge in [0.2, 0.25) is 0 Å². The van der Waals surface area contributed by atoms with Crippen molar-refractivity contribution >= 4 is 21.6 Å². The minimum absolute atomic E-state index is 0.166. The maximum atomic E-state index is 13.2. The average molecular weight is 476 g/mol. The first kappa shape index (κ1) is 22.2. The van der Waals surface area contributed by atoms with Crippen LogP contribution in [0.1, 0.15) is 12.5 Å². The van der Waals surface area contributed by atoms with Crippen LogP contribution in [0.5, 0.6) is 0 Å². The molecule has 1 fully saturated rings. The van der Waals surface area contributed by atoms with E-state index in [2.05, 4.69) is 23.7 Å². The molecule has 1 aliphatic carbocycles. The van der Waals surface area contributed by atoms with E-state index in [-0.39, 0.29) is 17.3 Å². The molecule has 8 heteroatoms. The first-order chi connectivity index (χ1) is 16.3. The van der Waals surface area contributed by atoms with Gasteiger partial charge >= 0.3 is 6.09 Å². The van der Waals surface area contributed by atoms with Gasteiger partial charge in [-0.1, -0.05) is 60.1 Å². The summed E-state index contributed by atoms with van der Waals surface area (Å²) in [6.07, 6.45) is 1.69. The minimum Gasteiger partial charge on any atom is -0.448 e. The summed E-state index contributed by atoms with van der Waals surface area (Å²) in [5.41, 5.74) is -1.61. The van der Waals surface area contributed by atoms with Gasteiger partial charge in [-0.15, -0.1) is 0 Å². The van der Waals surface area contributed by atoms with E-state index in [0.717, 1.165) is 0 Å². The number of hydrogen-bond acceptors (Lipinski definition) is 6. The van der Waals surface area contributed by atoms with Gasteiger partial charge in [0.1, 0.15) is 18.8 Å². The van der Waals surface area contributed by atoms with Crippen LogP contribution in [-0.2, 0) is 24.9 Å². The molecule has 2 bridgehead atoms. The Morgan fingerprint density at radius 1 is 1.12 bits per heavy atom. The van der Waals surface area contributed by atoms with Crippen molar-refractivity contribution in [3.63, 3.8) is 0 Å². The average Bonchev–Trinajstić information content (AvgIpc) is 3.59. The van der Waals surface area contributed by atoms with Gasteiger partial charge in [0, 0.05) is 5.56 Å². The summed E-state index contributed by atoms with van der Waals surface area (Å²) >= 11 is 0. The van der Waals surface area contributed by atoms with Crippen molar-refractivity contribution in [2.75, 3.05) is 17.3 Å². The fourth-order valence-corrected chi connectivity index (χ4v) is 5.61. The van der Waals surface area contributed by atoms with Crippen LogP contribution in [0.3, 0.4) is 0 Å². The van der Waals surface area contributed by atoms with Crippen molar-refractivity contribution in [2.24, 2.45) is 0 Å². The highest BCUT2D eigenvalue weighted by molar-refractivity contribution is 7.91. The van der Waals surface area contributed by atoms with Gasteiger partial charge in [-0.2, -0.15) is 0 Å². The van der Waals surface area contributed by atoms with Crippen LogP contribution in [-0.4, -0.2) is 49.7 Å². The zero-order valence-corrected chi connectivity index (χ0v) is 19.1. The van der Waals surface area contributed by atoms with Gasteiger partial charge in [0.15, 0.2) is 21.0 Å². The van der Waals surface area contributed by atoms with Gasteiger partial charge in [0.25, 0.3) is 0 Å². The predicted molar refractivity (Wildman–Crippen MR) is 124 cm³/mol. The first-order valence-corrected chi connectivity index (χ1v) is 12.4. The molecule has 3 aliphatic rings. The predicted octanol–water partition coefficient (Wildman–Crippen LogP) is 2.41. The maximum absolute atomic E-state index is 13.2. The highest BCUT2D eigenvalue weighted by atomic mass is 32.2. The normalized spacial score (nSPS) is 29.2. The number of aliphatic hydroxyl groups is 1. The molecule has 1 amide bonds. The molecular formula is C26H21NO6S. The number of ether oxygens (including phenoxy) is 2. The van der Waals surface area contributed by atoms with Crippen LogP contribution >= 0.6 is 0 Å². The second-order valence-electron chi connectivity index (χ2n) is 8.32. The van der Waals surface area contributed by atoms with Crippen LogP contribution in [0.15, 0.2) is 71.6 Å². The summed E-state index contributed by atoms with van der Waals surface area (Å²) in [7, 11) is -3.61. The Bertz CT molecular complexity index is 1410. The molecule has 0 unspecified atom stereocenters. The topological polar surface area (TPSA) is 96.4 Å². The largest absolute Gasteiger partial charge is 0.448 e. The fourth-order valence-electron chi connectivity index (χ4n) is 4.50. The van der Waals surface area contributed by atoms with E-state index in [1.807, 2.05) is 0 Å². The number of sulfone groups is 1. The number of benzene rings is 2. The zero-order valence-electron chi connectivity index (χ0n) is 18.3. The number of rotatable bonds is 4. The van der Waals surface area contributed by atoms with E-state index in [9.17, 15) is 18.3 Å². The second kappa shape index (κ2) is 8.03. The molecule has 0 saturated carbocycles. The van der Waals surface area contributed by atoms with E-state index in [1.165, 1.54) is 29.2 Å². The molecule has 4 atom stereocenters. The molecule has 0 radical (unpaired) electrons. The van der Waals surface area contributed by atoms with Crippen LogP contribution in [0, 0.1) is 23.7 Å². The van der Waals surface area contributed by atoms with Crippen LogP contribution in [0.2, 0.25) is 0 Å². The molecule has 1 N–H and O–H groups in total. The molecule has 172 valence electrons. The van der Waals surface area contributed by atoms with Crippen molar-refractivity contribution < 1.29 is 27.8 Å². The van der Waals surface area contributed by atoms with E-state index in [1.54, 1.807) is 49.4 Å². The number of hydrogen-bond donors (Lipinski definition) is 1. The van der Waals surface area contributed by atoms with E-state index < -0.39 is 39.3 Å². The third-order valence-corrected chi connectivity index (χ3v) is 7.88. The summed E-state index contributed by atoms with van der Waals surface area (Å²) < 4.78 is 36.6. The van der Waals surface area contributed by atoms with Gasteiger partial charge in [-0.25, -0.2) is 13.2 Å². The smallest absolute Gasteiger partial charge is 0.415 e. The highest BCUT2D eigenvalue weighted by Gasteiger charge is 2.74. The number of nitrogens with zero attached hydrogens (tertiary/aromatic N) is 1. The number of epoxide rings is 1. The van der Waals surface area contributed by atoms with Gasteiger partial charge < -0.3 is 14.6 Å². The third-order valence-electron chi connectivity index (χ3n) is 6.18. The molecule has 2 aromatic carbocycles.